The van der Waals surface area contributed by atoms with Gasteiger partial charge in [0, 0.05) is 31.8 Å². The molecule has 1 atom stereocenters. The number of hydrogen-bond acceptors (Lipinski definition) is 7. The van der Waals surface area contributed by atoms with Gasteiger partial charge in [-0.3, -0.25) is 24.5 Å². The molecule has 1 aliphatic rings. The second-order valence-electron chi connectivity index (χ2n) is 10.5. The Hall–Kier alpha value is -4.82. The molecule has 8 heteroatoms. The van der Waals surface area contributed by atoms with Crippen LogP contribution >= 0.6 is 0 Å². The van der Waals surface area contributed by atoms with Crippen molar-refractivity contribution in [3.05, 3.63) is 114 Å². The van der Waals surface area contributed by atoms with Gasteiger partial charge in [-0.2, -0.15) is 0 Å². The summed E-state index contributed by atoms with van der Waals surface area (Å²) in [6.45, 7) is 3.80. The lowest BCUT2D eigenvalue weighted by Gasteiger charge is -2.31. The Morgan fingerprint density at radius 3 is 2.40 bits per heavy atom. The third kappa shape index (κ3) is 7.93. The molecular weight excluding hydrogens is 540 g/mol. The second kappa shape index (κ2) is 14.4. The molecule has 1 saturated heterocycles. The van der Waals surface area contributed by atoms with Crippen molar-refractivity contribution in [1.29, 1.82) is 0 Å². The first-order valence-corrected chi connectivity index (χ1v) is 14.5. The van der Waals surface area contributed by atoms with Crippen LogP contribution in [0.2, 0.25) is 0 Å². The van der Waals surface area contributed by atoms with Crippen molar-refractivity contribution < 1.29 is 19.1 Å². The molecule has 3 aromatic carbocycles. The van der Waals surface area contributed by atoms with E-state index in [1.165, 1.54) is 6.92 Å². The van der Waals surface area contributed by atoms with Gasteiger partial charge in [-0.15, -0.1) is 0 Å². The van der Waals surface area contributed by atoms with E-state index in [2.05, 4.69) is 62.7 Å². The topological polar surface area (TPSA) is 93.7 Å². The number of carbonyl (C=O) groups is 2. The first-order valence-electron chi connectivity index (χ1n) is 14.5. The van der Waals surface area contributed by atoms with E-state index in [1.54, 1.807) is 31.8 Å². The Balaban J connectivity index is 1.18. The minimum Gasteiger partial charge on any atom is -0.493 e. The number of nitrogens with one attached hydrogen (secondary N) is 1. The van der Waals surface area contributed by atoms with Crippen LogP contribution in [0.4, 0.5) is 0 Å². The number of ether oxygens (including phenoxy) is 2. The third-order valence-electron chi connectivity index (χ3n) is 7.59. The van der Waals surface area contributed by atoms with Crippen LogP contribution < -0.4 is 14.8 Å². The molecule has 1 fully saturated rings. The van der Waals surface area contributed by atoms with E-state index in [4.69, 9.17) is 9.47 Å². The molecule has 0 saturated carbocycles. The number of methoxy groups -OCH3 is 1. The summed E-state index contributed by atoms with van der Waals surface area (Å²) >= 11 is 0. The first-order chi connectivity index (χ1) is 21.0. The highest BCUT2D eigenvalue weighted by molar-refractivity contribution is 5.79. The van der Waals surface area contributed by atoms with Gasteiger partial charge in [0.05, 0.1) is 25.0 Å². The standard InChI is InChI=1S/C35H36N4O4/c1-25(40)43-32-15-10-26(23-33(32)42-2)7-6-20-39-21-16-30(17-22-39)35(41)38-34(31-24-36-18-19-37-31)29-13-11-28(12-14-29)27-8-4-3-5-9-27/h3-15,18-19,23-24,30,34H,16-17,20-22H2,1-2H3,(H,38,41)/b7-6+. The number of esters is 1. The minimum atomic E-state index is -0.388. The normalized spacial score (nSPS) is 14.7. The summed E-state index contributed by atoms with van der Waals surface area (Å²) in [5.74, 6) is 0.494. The summed E-state index contributed by atoms with van der Waals surface area (Å²) < 4.78 is 10.5. The zero-order valence-electron chi connectivity index (χ0n) is 24.5. The Morgan fingerprint density at radius 2 is 1.72 bits per heavy atom. The molecule has 2 heterocycles. The number of carbonyl (C=O) groups excluding carboxylic acids is 2. The van der Waals surface area contributed by atoms with Crippen molar-refractivity contribution in [2.45, 2.75) is 25.8 Å². The maximum Gasteiger partial charge on any atom is 0.308 e. The molecule has 1 N–H and O–H groups in total. The van der Waals surface area contributed by atoms with Gasteiger partial charge in [0.25, 0.3) is 0 Å². The monoisotopic (exact) mass is 576 g/mol. The largest absolute Gasteiger partial charge is 0.493 e. The minimum absolute atomic E-state index is 0.0398. The van der Waals surface area contributed by atoms with E-state index in [1.807, 2.05) is 36.4 Å². The summed E-state index contributed by atoms with van der Waals surface area (Å²) in [5.41, 5.74) is 4.90. The van der Waals surface area contributed by atoms with Crippen LogP contribution in [-0.4, -0.2) is 53.5 Å². The maximum atomic E-state index is 13.5. The van der Waals surface area contributed by atoms with Crippen LogP contribution in [0, 0.1) is 5.92 Å². The van der Waals surface area contributed by atoms with Crippen LogP contribution in [0.3, 0.4) is 0 Å². The Labute approximate surface area is 252 Å². The highest BCUT2D eigenvalue weighted by atomic mass is 16.6. The lowest BCUT2D eigenvalue weighted by molar-refractivity contribution is -0.132. The first kappa shape index (κ1) is 29.7. The molecule has 4 aromatic rings. The Morgan fingerprint density at radius 1 is 0.977 bits per heavy atom. The number of amides is 1. The van der Waals surface area contributed by atoms with E-state index in [9.17, 15) is 9.59 Å². The second-order valence-corrected chi connectivity index (χ2v) is 10.5. The predicted molar refractivity (Wildman–Crippen MR) is 166 cm³/mol. The number of piperidine rings is 1. The van der Waals surface area contributed by atoms with Crippen LogP contribution in [0.15, 0.2) is 97.5 Å². The average Bonchev–Trinajstić information content (AvgIpc) is 3.05. The lowest BCUT2D eigenvalue weighted by Crippen LogP contribution is -2.42. The van der Waals surface area contributed by atoms with Crippen molar-refractivity contribution in [3.63, 3.8) is 0 Å². The fraction of sp³-hybridized carbons (Fsp3) is 0.257. The molecular formula is C35H36N4O4. The van der Waals surface area contributed by atoms with Crippen molar-refractivity contribution in [1.82, 2.24) is 20.2 Å². The van der Waals surface area contributed by atoms with Crippen LogP contribution in [-0.2, 0) is 9.59 Å². The summed E-state index contributed by atoms with van der Waals surface area (Å²) in [7, 11) is 1.55. The Bertz CT molecular complexity index is 1530. The molecule has 0 bridgehead atoms. The summed E-state index contributed by atoms with van der Waals surface area (Å²) in [6.07, 6.45) is 10.7. The zero-order valence-corrected chi connectivity index (χ0v) is 24.5. The lowest BCUT2D eigenvalue weighted by atomic mass is 9.94. The highest BCUT2D eigenvalue weighted by Gasteiger charge is 2.27. The summed E-state index contributed by atoms with van der Waals surface area (Å²) in [4.78, 5) is 35.9. The number of benzene rings is 3. The van der Waals surface area contributed by atoms with Gasteiger partial charge >= 0.3 is 5.97 Å². The van der Waals surface area contributed by atoms with Gasteiger partial charge in [-0.05, 0) is 60.3 Å². The number of likely N-dealkylation sites (tertiary alicyclic amines) is 1. The van der Waals surface area contributed by atoms with Crippen molar-refractivity contribution >= 4 is 18.0 Å². The fourth-order valence-electron chi connectivity index (χ4n) is 5.29. The van der Waals surface area contributed by atoms with Crippen LogP contribution in [0.5, 0.6) is 11.5 Å². The number of aromatic nitrogens is 2. The fourth-order valence-corrected chi connectivity index (χ4v) is 5.29. The molecule has 0 radical (unpaired) electrons. The SMILES string of the molecule is COc1cc(/C=C/CN2CCC(C(=O)NC(c3ccc(-c4ccccc4)cc3)c3cnccn3)CC2)ccc1OC(C)=O. The molecule has 1 aliphatic heterocycles. The molecule has 1 amide bonds. The average molecular weight is 577 g/mol. The van der Waals surface area contributed by atoms with E-state index in [0.29, 0.717) is 17.2 Å². The van der Waals surface area contributed by atoms with Gasteiger partial charge in [-0.1, -0.05) is 72.8 Å². The number of nitrogens with zero attached hydrogens (tertiary/aromatic N) is 3. The third-order valence-corrected chi connectivity index (χ3v) is 7.59. The molecule has 1 aromatic heterocycles. The molecule has 0 spiro atoms. The van der Waals surface area contributed by atoms with E-state index in [0.717, 1.165) is 54.7 Å². The summed E-state index contributed by atoms with van der Waals surface area (Å²) in [6, 6.07) is 23.6. The van der Waals surface area contributed by atoms with Crippen LogP contribution in [0.1, 0.15) is 42.6 Å². The van der Waals surface area contributed by atoms with Gasteiger partial charge in [0.1, 0.15) is 0 Å². The number of rotatable bonds is 10. The van der Waals surface area contributed by atoms with E-state index < -0.39 is 0 Å². The Kier molecular flexibility index (Phi) is 9.92. The molecule has 1 unspecified atom stereocenters. The predicted octanol–water partition coefficient (Wildman–Crippen LogP) is 5.71. The van der Waals surface area contributed by atoms with Crippen molar-refractivity contribution in [3.8, 4) is 22.6 Å². The number of hydrogen-bond donors (Lipinski definition) is 1. The van der Waals surface area contributed by atoms with E-state index in [-0.39, 0.29) is 23.8 Å². The van der Waals surface area contributed by atoms with Crippen molar-refractivity contribution in [2.24, 2.45) is 5.92 Å². The molecule has 8 nitrogen and oxygen atoms in total. The van der Waals surface area contributed by atoms with Gasteiger partial charge in [0.2, 0.25) is 5.91 Å². The van der Waals surface area contributed by atoms with Crippen LogP contribution in [0.25, 0.3) is 17.2 Å². The quantitative estimate of drug-likeness (QED) is 0.191. The maximum absolute atomic E-state index is 13.5. The molecule has 43 heavy (non-hydrogen) atoms. The summed E-state index contributed by atoms with van der Waals surface area (Å²) in [5, 5.41) is 3.27. The van der Waals surface area contributed by atoms with E-state index >= 15 is 0 Å². The van der Waals surface area contributed by atoms with Crippen molar-refractivity contribution in [2.75, 3.05) is 26.7 Å². The van der Waals surface area contributed by atoms with Gasteiger partial charge in [0.15, 0.2) is 11.5 Å². The molecule has 0 aliphatic carbocycles. The smallest absolute Gasteiger partial charge is 0.308 e. The van der Waals surface area contributed by atoms with Gasteiger partial charge < -0.3 is 14.8 Å². The molecule has 220 valence electrons. The zero-order chi connectivity index (χ0) is 30.0. The highest BCUT2D eigenvalue weighted by Crippen LogP contribution is 2.29. The van der Waals surface area contributed by atoms with Gasteiger partial charge in [-0.25, -0.2) is 0 Å². The molecule has 5 rings (SSSR count).